The van der Waals surface area contributed by atoms with Crippen LogP contribution in [0.25, 0.3) is 27.6 Å². The number of nitrogens with zero attached hydrogens (tertiary/aromatic N) is 6. The first-order valence-electron chi connectivity index (χ1n) is 11.3. The summed E-state index contributed by atoms with van der Waals surface area (Å²) in [6.45, 7) is 3.72. The van der Waals surface area contributed by atoms with Gasteiger partial charge in [0.15, 0.2) is 0 Å². The van der Waals surface area contributed by atoms with Crippen LogP contribution in [-0.4, -0.2) is 24.5 Å². The summed E-state index contributed by atoms with van der Waals surface area (Å²) in [5, 5.41) is 14.1. The third-order valence-electron chi connectivity index (χ3n) is 5.91. The number of fused-ring (bicyclic) bond motifs is 1. The van der Waals surface area contributed by atoms with E-state index in [-0.39, 0.29) is 17.1 Å². The molecule has 5 aromatic rings. The summed E-state index contributed by atoms with van der Waals surface area (Å²) in [4.78, 5) is 30.8. The molecule has 3 heterocycles. The van der Waals surface area contributed by atoms with Crippen LogP contribution in [0.2, 0.25) is 0 Å². The maximum Gasteiger partial charge on any atom is 0.263 e. The number of pyridine rings is 1. The van der Waals surface area contributed by atoms with Crippen LogP contribution in [0.1, 0.15) is 30.0 Å². The fourth-order valence-corrected chi connectivity index (χ4v) is 4.18. The summed E-state index contributed by atoms with van der Waals surface area (Å²) in [7, 11) is 0. The van der Waals surface area contributed by atoms with E-state index in [2.05, 4.69) is 31.3 Å². The van der Waals surface area contributed by atoms with E-state index in [1.54, 1.807) is 17.0 Å². The van der Waals surface area contributed by atoms with Gasteiger partial charge in [0.2, 0.25) is 5.95 Å². The van der Waals surface area contributed by atoms with E-state index in [4.69, 9.17) is 5.73 Å². The van der Waals surface area contributed by atoms with Crippen molar-refractivity contribution >= 4 is 22.5 Å². The van der Waals surface area contributed by atoms with Gasteiger partial charge >= 0.3 is 0 Å². The van der Waals surface area contributed by atoms with E-state index in [0.717, 1.165) is 16.5 Å². The first-order valence-corrected chi connectivity index (χ1v) is 11.3. The Labute approximate surface area is 206 Å². The minimum atomic E-state index is -0.407. The summed E-state index contributed by atoms with van der Waals surface area (Å²) in [6.07, 6.45) is 4.83. The zero-order chi connectivity index (χ0) is 25.2. The van der Waals surface area contributed by atoms with E-state index in [1.807, 2.05) is 68.4 Å². The number of hydrogen-bond acceptors (Lipinski definition) is 8. The Bertz CT molecular complexity index is 1670. The number of benzene rings is 2. The van der Waals surface area contributed by atoms with Crippen LogP contribution in [0.5, 0.6) is 0 Å². The summed E-state index contributed by atoms with van der Waals surface area (Å²) >= 11 is 0. The van der Waals surface area contributed by atoms with E-state index in [9.17, 15) is 10.1 Å². The summed E-state index contributed by atoms with van der Waals surface area (Å²) in [5.41, 5.74) is 8.76. The van der Waals surface area contributed by atoms with Crippen molar-refractivity contribution in [3.8, 4) is 22.9 Å². The third kappa shape index (κ3) is 4.12. The van der Waals surface area contributed by atoms with Crippen LogP contribution >= 0.6 is 0 Å². The fourth-order valence-electron chi connectivity index (χ4n) is 4.18. The van der Waals surface area contributed by atoms with Crippen molar-refractivity contribution in [3.05, 3.63) is 101 Å². The van der Waals surface area contributed by atoms with Crippen molar-refractivity contribution in [1.29, 1.82) is 5.26 Å². The Hall–Kier alpha value is -5.10. The van der Waals surface area contributed by atoms with Crippen molar-refractivity contribution in [3.63, 3.8) is 0 Å². The quantitative estimate of drug-likeness (QED) is 0.387. The lowest BCUT2D eigenvalue weighted by Gasteiger charge is -2.22. The SMILES string of the molecule is Cc1ncc(-c2cccc3cc(C(C)Nc4nc(N)ncc4C#N)n(-c4ccccc4)c(=O)c23)cn1. The molecular formula is C27H22N8O. The lowest BCUT2D eigenvalue weighted by Crippen LogP contribution is -2.26. The average Bonchev–Trinajstić information content (AvgIpc) is 2.89. The molecule has 0 spiro atoms. The Balaban J connectivity index is 1.74. The van der Waals surface area contributed by atoms with Crippen molar-refractivity contribution < 1.29 is 0 Å². The van der Waals surface area contributed by atoms with Gasteiger partial charge in [-0.2, -0.15) is 10.2 Å². The molecule has 176 valence electrons. The Morgan fingerprint density at radius 2 is 1.78 bits per heavy atom. The highest BCUT2D eigenvalue weighted by atomic mass is 16.1. The van der Waals surface area contributed by atoms with Gasteiger partial charge in [0.25, 0.3) is 5.56 Å². The number of hydrogen-bond donors (Lipinski definition) is 2. The third-order valence-corrected chi connectivity index (χ3v) is 5.91. The van der Waals surface area contributed by atoms with Gasteiger partial charge in [-0.3, -0.25) is 9.36 Å². The normalized spacial score (nSPS) is 11.7. The fraction of sp³-hybridized carbons (Fsp3) is 0.111. The molecule has 3 aromatic heterocycles. The minimum Gasteiger partial charge on any atom is -0.368 e. The van der Waals surface area contributed by atoms with E-state index in [0.29, 0.717) is 28.4 Å². The van der Waals surface area contributed by atoms with Gasteiger partial charge in [-0.15, -0.1) is 0 Å². The van der Waals surface area contributed by atoms with Crippen LogP contribution in [0.15, 0.2) is 78.0 Å². The molecule has 0 amide bonds. The van der Waals surface area contributed by atoms with Gasteiger partial charge < -0.3 is 11.1 Å². The second kappa shape index (κ2) is 9.27. The van der Waals surface area contributed by atoms with Crippen molar-refractivity contribution in [2.75, 3.05) is 11.1 Å². The Morgan fingerprint density at radius 1 is 1.03 bits per heavy atom. The lowest BCUT2D eigenvalue weighted by atomic mass is 9.99. The Kier molecular flexibility index (Phi) is 5.84. The van der Waals surface area contributed by atoms with Crippen LogP contribution in [0.3, 0.4) is 0 Å². The molecule has 9 nitrogen and oxygen atoms in total. The maximum atomic E-state index is 14.1. The van der Waals surface area contributed by atoms with Gasteiger partial charge in [-0.25, -0.2) is 15.0 Å². The molecule has 3 N–H and O–H groups in total. The molecule has 0 fully saturated rings. The molecule has 0 saturated heterocycles. The molecule has 1 unspecified atom stereocenters. The highest BCUT2D eigenvalue weighted by molar-refractivity contribution is 5.96. The van der Waals surface area contributed by atoms with Gasteiger partial charge in [0.1, 0.15) is 23.3 Å². The van der Waals surface area contributed by atoms with Crippen LogP contribution in [-0.2, 0) is 0 Å². The molecule has 0 saturated carbocycles. The maximum absolute atomic E-state index is 14.1. The molecule has 0 aliphatic heterocycles. The van der Waals surface area contributed by atoms with E-state index < -0.39 is 6.04 Å². The molecule has 0 aliphatic carbocycles. The van der Waals surface area contributed by atoms with Crippen LogP contribution < -0.4 is 16.6 Å². The number of nitrogens with two attached hydrogens (primary N) is 1. The van der Waals surface area contributed by atoms with Gasteiger partial charge in [0, 0.05) is 29.3 Å². The predicted octanol–water partition coefficient (Wildman–Crippen LogP) is 4.17. The molecule has 1 atom stereocenters. The number of nitrogen functional groups attached to an aromatic ring is 1. The number of nitrogens with one attached hydrogen (secondary N) is 1. The molecule has 0 radical (unpaired) electrons. The average molecular weight is 475 g/mol. The van der Waals surface area contributed by atoms with Crippen molar-refractivity contribution in [2.45, 2.75) is 19.9 Å². The minimum absolute atomic E-state index is 0.0487. The summed E-state index contributed by atoms with van der Waals surface area (Å²) in [5.74, 6) is 1.01. The number of nitriles is 1. The number of aryl methyl sites for hydroxylation is 1. The summed E-state index contributed by atoms with van der Waals surface area (Å²) in [6, 6.07) is 18.8. The smallest absolute Gasteiger partial charge is 0.263 e. The second-order valence-electron chi connectivity index (χ2n) is 8.30. The van der Waals surface area contributed by atoms with Crippen molar-refractivity contribution in [2.24, 2.45) is 0 Å². The van der Waals surface area contributed by atoms with Gasteiger partial charge in [0.05, 0.1) is 17.6 Å². The molecule has 36 heavy (non-hydrogen) atoms. The number of para-hydroxylation sites is 1. The number of rotatable bonds is 5. The van der Waals surface area contributed by atoms with Gasteiger partial charge in [-0.1, -0.05) is 36.4 Å². The largest absolute Gasteiger partial charge is 0.368 e. The molecule has 0 aliphatic rings. The Morgan fingerprint density at radius 3 is 2.50 bits per heavy atom. The monoisotopic (exact) mass is 474 g/mol. The first-order chi connectivity index (χ1) is 17.5. The van der Waals surface area contributed by atoms with Crippen LogP contribution in [0, 0.1) is 18.3 Å². The standard InChI is InChI=1S/C27H22N8O/c1-16(33-25-19(12-28)13-32-27(29)34-25)23-11-18-7-6-10-22(20-14-30-17(2)31-15-20)24(18)26(36)35(23)21-8-4-3-5-9-21/h3-11,13-16H,1-2H3,(H3,29,32,33,34). The molecule has 0 bridgehead atoms. The molecule has 5 rings (SSSR count). The number of aromatic nitrogens is 5. The van der Waals surface area contributed by atoms with Crippen molar-refractivity contribution in [1.82, 2.24) is 24.5 Å². The zero-order valence-electron chi connectivity index (χ0n) is 19.7. The molecular weight excluding hydrogens is 452 g/mol. The first kappa shape index (κ1) is 22.7. The number of anilines is 2. The second-order valence-corrected chi connectivity index (χ2v) is 8.30. The highest BCUT2D eigenvalue weighted by Gasteiger charge is 2.20. The highest BCUT2D eigenvalue weighted by Crippen LogP contribution is 2.30. The topological polar surface area (TPSA) is 135 Å². The summed E-state index contributed by atoms with van der Waals surface area (Å²) < 4.78 is 1.68. The van der Waals surface area contributed by atoms with E-state index >= 15 is 0 Å². The molecule has 2 aromatic carbocycles. The van der Waals surface area contributed by atoms with E-state index in [1.165, 1.54) is 6.20 Å². The zero-order valence-corrected chi connectivity index (χ0v) is 19.7. The lowest BCUT2D eigenvalue weighted by molar-refractivity contribution is 0.772. The van der Waals surface area contributed by atoms with Gasteiger partial charge in [-0.05, 0) is 43.0 Å². The predicted molar refractivity (Wildman–Crippen MR) is 139 cm³/mol. The van der Waals surface area contributed by atoms with Crippen LogP contribution in [0.4, 0.5) is 11.8 Å². The molecule has 9 heteroatoms.